The molecule has 1 saturated carbocycles. The van der Waals surface area contributed by atoms with Crippen molar-refractivity contribution in [2.45, 2.75) is 32.6 Å². The first-order chi connectivity index (χ1) is 9.20. The van der Waals surface area contributed by atoms with Crippen molar-refractivity contribution in [3.63, 3.8) is 0 Å². The third kappa shape index (κ3) is 4.03. The number of nitrogens with one attached hydrogen (secondary N) is 1. The highest BCUT2D eigenvalue weighted by molar-refractivity contribution is 9.09. The van der Waals surface area contributed by atoms with Gasteiger partial charge >= 0.3 is 0 Å². The molecule has 0 saturated heterocycles. The molecule has 0 aliphatic heterocycles. The minimum absolute atomic E-state index is 0.0532. The standard InChI is InChI=1S/C15H21BrN2O/c1-11-5-4-8-14(18-11)15(19)17-10-13-7-3-2-6-12(13)9-16/h4-5,8,12-13H,2-3,6-7,9-10H2,1H3,(H,17,19). The number of alkyl halides is 1. The van der Waals surface area contributed by atoms with Gasteiger partial charge in [0.1, 0.15) is 5.69 Å². The molecule has 19 heavy (non-hydrogen) atoms. The Labute approximate surface area is 123 Å². The average molecular weight is 325 g/mol. The van der Waals surface area contributed by atoms with Crippen LogP contribution in [0.25, 0.3) is 0 Å². The quantitative estimate of drug-likeness (QED) is 0.863. The SMILES string of the molecule is Cc1cccc(C(=O)NCC2CCCCC2CBr)n1. The molecule has 2 unspecified atom stereocenters. The third-order valence-corrected chi connectivity index (χ3v) is 4.74. The Morgan fingerprint density at radius 2 is 2.11 bits per heavy atom. The number of hydrogen-bond donors (Lipinski definition) is 1. The van der Waals surface area contributed by atoms with E-state index in [0.29, 0.717) is 17.5 Å². The molecule has 3 nitrogen and oxygen atoms in total. The highest BCUT2D eigenvalue weighted by Crippen LogP contribution is 2.30. The fraction of sp³-hybridized carbons (Fsp3) is 0.600. The lowest BCUT2D eigenvalue weighted by Gasteiger charge is -2.30. The van der Waals surface area contributed by atoms with Crippen molar-refractivity contribution in [2.75, 3.05) is 11.9 Å². The maximum atomic E-state index is 12.0. The Bertz CT molecular complexity index is 436. The zero-order valence-electron chi connectivity index (χ0n) is 11.4. The Morgan fingerprint density at radius 3 is 2.79 bits per heavy atom. The number of carbonyl (C=O) groups is 1. The molecular weight excluding hydrogens is 304 g/mol. The fourth-order valence-corrected chi connectivity index (χ4v) is 3.59. The van der Waals surface area contributed by atoms with Gasteiger partial charge in [-0.1, -0.05) is 34.8 Å². The molecule has 4 heteroatoms. The van der Waals surface area contributed by atoms with Crippen LogP contribution in [0.1, 0.15) is 41.9 Å². The van der Waals surface area contributed by atoms with Crippen molar-refractivity contribution in [1.82, 2.24) is 10.3 Å². The molecule has 1 fully saturated rings. The maximum Gasteiger partial charge on any atom is 0.269 e. The largest absolute Gasteiger partial charge is 0.350 e. The lowest BCUT2D eigenvalue weighted by Crippen LogP contribution is -2.35. The van der Waals surface area contributed by atoms with E-state index in [2.05, 4.69) is 26.2 Å². The van der Waals surface area contributed by atoms with Crippen LogP contribution in [0.15, 0.2) is 18.2 Å². The van der Waals surface area contributed by atoms with Crippen LogP contribution in [0.4, 0.5) is 0 Å². The zero-order valence-corrected chi connectivity index (χ0v) is 12.9. The number of nitrogens with zero attached hydrogens (tertiary/aromatic N) is 1. The molecule has 0 aromatic carbocycles. The number of halogens is 1. The summed E-state index contributed by atoms with van der Waals surface area (Å²) in [6.07, 6.45) is 5.10. The first-order valence-corrected chi connectivity index (χ1v) is 8.10. The third-order valence-electron chi connectivity index (χ3n) is 3.91. The normalized spacial score (nSPS) is 23.1. The maximum absolute atomic E-state index is 12.0. The van der Waals surface area contributed by atoms with E-state index >= 15 is 0 Å². The van der Waals surface area contributed by atoms with Crippen molar-refractivity contribution in [1.29, 1.82) is 0 Å². The molecule has 104 valence electrons. The summed E-state index contributed by atoms with van der Waals surface area (Å²) in [6.45, 7) is 2.67. The lowest BCUT2D eigenvalue weighted by molar-refractivity contribution is 0.0932. The Hall–Kier alpha value is -0.900. The van der Waals surface area contributed by atoms with Crippen LogP contribution in [0, 0.1) is 18.8 Å². The molecule has 0 bridgehead atoms. The molecule has 1 N–H and O–H groups in total. The van der Waals surface area contributed by atoms with Crippen molar-refractivity contribution in [3.8, 4) is 0 Å². The summed E-state index contributed by atoms with van der Waals surface area (Å²) in [6, 6.07) is 5.54. The van der Waals surface area contributed by atoms with Crippen LogP contribution in [0.5, 0.6) is 0 Å². The summed E-state index contributed by atoms with van der Waals surface area (Å²) < 4.78 is 0. The summed E-state index contributed by atoms with van der Waals surface area (Å²) in [5.74, 6) is 1.24. The molecule has 1 aromatic rings. The molecule has 2 atom stereocenters. The van der Waals surface area contributed by atoms with Gasteiger partial charge in [-0.05, 0) is 43.7 Å². The number of pyridine rings is 1. The van der Waals surface area contributed by atoms with Gasteiger partial charge in [-0.25, -0.2) is 4.98 Å². The highest BCUT2D eigenvalue weighted by Gasteiger charge is 2.24. The smallest absolute Gasteiger partial charge is 0.269 e. The molecule has 1 aromatic heterocycles. The number of carbonyl (C=O) groups excluding carboxylic acids is 1. The second-order valence-corrected chi connectivity index (χ2v) is 5.98. The van der Waals surface area contributed by atoms with Gasteiger partial charge in [-0.3, -0.25) is 4.79 Å². The molecule has 1 heterocycles. The van der Waals surface area contributed by atoms with Crippen LogP contribution < -0.4 is 5.32 Å². The monoisotopic (exact) mass is 324 g/mol. The molecule has 0 spiro atoms. The molecular formula is C15H21BrN2O. The second kappa shape index (κ2) is 7.04. The Kier molecular flexibility index (Phi) is 5.37. The van der Waals surface area contributed by atoms with E-state index in [1.165, 1.54) is 25.7 Å². The summed E-state index contributed by atoms with van der Waals surface area (Å²) in [5, 5.41) is 4.08. The van der Waals surface area contributed by atoms with Gasteiger partial charge in [-0.2, -0.15) is 0 Å². The van der Waals surface area contributed by atoms with Gasteiger partial charge < -0.3 is 5.32 Å². The van der Waals surface area contributed by atoms with Crippen molar-refractivity contribution >= 4 is 21.8 Å². The van der Waals surface area contributed by atoms with E-state index in [1.54, 1.807) is 6.07 Å². The number of amides is 1. The van der Waals surface area contributed by atoms with Crippen molar-refractivity contribution in [2.24, 2.45) is 11.8 Å². The minimum Gasteiger partial charge on any atom is -0.350 e. The van der Waals surface area contributed by atoms with E-state index in [1.807, 2.05) is 19.1 Å². The minimum atomic E-state index is -0.0532. The average Bonchev–Trinajstić information content (AvgIpc) is 2.45. The Balaban J connectivity index is 1.89. The Morgan fingerprint density at radius 1 is 1.37 bits per heavy atom. The van der Waals surface area contributed by atoms with Crippen molar-refractivity contribution in [3.05, 3.63) is 29.6 Å². The predicted molar refractivity (Wildman–Crippen MR) is 80.5 cm³/mol. The summed E-state index contributed by atoms with van der Waals surface area (Å²) in [5.41, 5.74) is 1.40. The van der Waals surface area contributed by atoms with Gasteiger partial charge in [0.25, 0.3) is 5.91 Å². The number of aryl methyl sites for hydroxylation is 1. The van der Waals surface area contributed by atoms with Gasteiger partial charge in [0.15, 0.2) is 0 Å². The number of aromatic nitrogens is 1. The summed E-state index contributed by atoms with van der Waals surface area (Å²) >= 11 is 3.59. The fourth-order valence-electron chi connectivity index (χ4n) is 2.74. The molecule has 1 amide bonds. The first kappa shape index (κ1) is 14.5. The van der Waals surface area contributed by atoms with Crippen LogP contribution in [-0.4, -0.2) is 22.8 Å². The first-order valence-electron chi connectivity index (χ1n) is 6.98. The summed E-state index contributed by atoms with van der Waals surface area (Å²) in [4.78, 5) is 16.3. The van der Waals surface area contributed by atoms with E-state index in [-0.39, 0.29) is 5.91 Å². The second-order valence-electron chi connectivity index (χ2n) is 5.33. The van der Waals surface area contributed by atoms with E-state index < -0.39 is 0 Å². The topological polar surface area (TPSA) is 42.0 Å². The predicted octanol–water partition coefficient (Wildman–Crippen LogP) is 3.32. The van der Waals surface area contributed by atoms with E-state index in [4.69, 9.17) is 0 Å². The molecule has 2 rings (SSSR count). The van der Waals surface area contributed by atoms with E-state index in [0.717, 1.165) is 17.6 Å². The number of hydrogen-bond acceptors (Lipinski definition) is 2. The summed E-state index contributed by atoms with van der Waals surface area (Å²) in [7, 11) is 0. The highest BCUT2D eigenvalue weighted by atomic mass is 79.9. The van der Waals surface area contributed by atoms with Gasteiger partial charge in [-0.15, -0.1) is 0 Å². The van der Waals surface area contributed by atoms with Crippen LogP contribution in [-0.2, 0) is 0 Å². The molecule has 1 aliphatic rings. The van der Waals surface area contributed by atoms with Crippen molar-refractivity contribution < 1.29 is 4.79 Å². The molecule has 1 aliphatic carbocycles. The van der Waals surface area contributed by atoms with Crippen LogP contribution in [0.2, 0.25) is 0 Å². The van der Waals surface area contributed by atoms with Crippen LogP contribution in [0.3, 0.4) is 0 Å². The van der Waals surface area contributed by atoms with Crippen LogP contribution >= 0.6 is 15.9 Å². The van der Waals surface area contributed by atoms with E-state index in [9.17, 15) is 4.79 Å². The molecule has 0 radical (unpaired) electrons. The van der Waals surface area contributed by atoms with Gasteiger partial charge in [0, 0.05) is 17.6 Å². The zero-order chi connectivity index (χ0) is 13.7. The number of rotatable bonds is 4. The van der Waals surface area contributed by atoms with Gasteiger partial charge in [0.2, 0.25) is 0 Å². The lowest BCUT2D eigenvalue weighted by atomic mass is 9.80. The van der Waals surface area contributed by atoms with Gasteiger partial charge in [0.05, 0.1) is 0 Å².